The number of hydrogen-bond donors (Lipinski definition) is 0. The van der Waals surface area contributed by atoms with Crippen molar-refractivity contribution in [1.82, 2.24) is 4.90 Å². The van der Waals surface area contributed by atoms with Crippen LogP contribution in [-0.4, -0.2) is 29.4 Å². The van der Waals surface area contributed by atoms with Crippen molar-refractivity contribution >= 4 is 22.6 Å². The number of benzene rings is 1. The van der Waals surface area contributed by atoms with Gasteiger partial charge in [0.15, 0.2) is 5.17 Å². The molecule has 92 valence electrons. The average Bonchev–Trinajstić information content (AvgIpc) is 2.64. The first kappa shape index (κ1) is 12.3. The Bertz CT molecular complexity index is 443. The standard InChI is InChI=1S/C11H11F3N2S/c1-16-5-6-17-10(16)15-9-4-2-3-8(7-9)11(12,13)14/h2-4,7H,5-6H2,1H3. The molecule has 1 aromatic rings. The Balaban J connectivity index is 2.28. The van der Waals surface area contributed by atoms with Gasteiger partial charge in [-0.25, -0.2) is 4.99 Å². The molecule has 0 spiro atoms. The fourth-order valence-corrected chi connectivity index (χ4v) is 2.49. The maximum atomic E-state index is 12.5. The molecule has 0 atom stereocenters. The lowest BCUT2D eigenvalue weighted by Crippen LogP contribution is -2.17. The fraction of sp³-hybridized carbons (Fsp3) is 0.364. The summed E-state index contributed by atoms with van der Waals surface area (Å²) in [5, 5.41) is 0.768. The molecule has 1 saturated heterocycles. The minimum atomic E-state index is -4.31. The van der Waals surface area contributed by atoms with E-state index in [2.05, 4.69) is 4.99 Å². The molecule has 6 heteroatoms. The highest BCUT2D eigenvalue weighted by molar-refractivity contribution is 8.14. The van der Waals surface area contributed by atoms with Crippen molar-refractivity contribution in [3.63, 3.8) is 0 Å². The second-order valence-electron chi connectivity index (χ2n) is 3.71. The molecule has 17 heavy (non-hydrogen) atoms. The molecule has 0 aliphatic carbocycles. The van der Waals surface area contributed by atoms with Crippen LogP contribution in [0.3, 0.4) is 0 Å². The SMILES string of the molecule is CN1CCSC1=Nc1cccc(C(F)(F)F)c1. The summed E-state index contributed by atoms with van der Waals surface area (Å²) in [7, 11) is 1.88. The predicted octanol–water partition coefficient (Wildman–Crippen LogP) is 3.37. The van der Waals surface area contributed by atoms with Crippen molar-refractivity contribution in [2.75, 3.05) is 19.3 Å². The Morgan fingerprint density at radius 1 is 1.35 bits per heavy atom. The number of alkyl halides is 3. The van der Waals surface area contributed by atoms with Gasteiger partial charge < -0.3 is 4.90 Å². The highest BCUT2D eigenvalue weighted by Crippen LogP contribution is 2.32. The molecule has 0 amide bonds. The third-order valence-electron chi connectivity index (χ3n) is 2.38. The van der Waals surface area contributed by atoms with Gasteiger partial charge in [-0.15, -0.1) is 0 Å². The molecule has 1 heterocycles. The molecule has 0 aromatic heterocycles. The Kier molecular flexibility index (Phi) is 3.33. The van der Waals surface area contributed by atoms with Crippen molar-refractivity contribution in [3.8, 4) is 0 Å². The lowest BCUT2D eigenvalue weighted by atomic mass is 10.2. The molecular formula is C11H11F3N2S. The van der Waals surface area contributed by atoms with E-state index in [4.69, 9.17) is 0 Å². The van der Waals surface area contributed by atoms with Crippen LogP contribution in [0.4, 0.5) is 18.9 Å². The van der Waals surface area contributed by atoms with Gasteiger partial charge >= 0.3 is 6.18 Å². The number of hydrogen-bond acceptors (Lipinski definition) is 2. The van der Waals surface area contributed by atoms with E-state index in [1.165, 1.54) is 6.07 Å². The molecule has 1 aliphatic heterocycles. The summed E-state index contributed by atoms with van der Waals surface area (Å²) >= 11 is 1.55. The van der Waals surface area contributed by atoms with Gasteiger partial charge in [0.05, 0.1) is 11.3 Å². The van der Waals surface area contributed by atoms with Crippen LogP contribution in [0, 0.1) is 0 Å². The molecule has 0 radical (unpaired) electrons. The summed E-state index contributed by atoms with van der Waals surface area (Å²) in [6.45, 7) is 0.877. The predicted molar refractivity (Wildman–Crippen MR) is 63.6 cm³/mol. The van der Waals surface area contributed by atoms with Crippen LogP contribution in [-0.2, 0) is 6.18 Å². The van der Waals surface area contributed by atoms with Gasteiger partial charge in [0, 0.05) is 19.3 Å². The summed E-state index contributed by atoms with van der Waals surface area (Å²) < 4.78 is 37.5. The van der Waals surface area contributed by atoms with E-state index in [0.29, 0.717) is 5.69 Å². The number of rotatable bonds is 1. The molecule has 2 nitrogen and oxygen atoms in total. The van der Waals surface area contributed by atoms with E-state index >= 15 is 0 Å². The van der Waals surface area contributed by atoms with Crippen LogP contribution >= 0.6 is 11.8 Å². The molecule has 1 aliphatic rings. The Labute approximate surface area is 102 Å². The molecule has 0 bridgehead atoms. The highest BCUT2D eigenvalue weighted by Gasteiger charge is 2.30. The first-order valence-electron chi connectivity index (χ1n) is 5.07. The van der Waals surface area contributed by atoms with E-state index < -0.39 is 11.7 Å². The van der Waals surface area contributed by atoms with Crippen LogP contribution in [0.5, 0.6) is 0 Å². The quantitative estimate of drug-likeness (QED) is 0.769. The third kappa shape index (κ3) is 2.94. The minimum absolute atomic E-state index is 0.344. The third-order valence-corrected chi connectivity index (χ3v) is 3.43. The molecule has 1 fully saturated rings. The van der Waals surface area contributed by atoms with E-state index in [1.54, 1.807) is 17.8 Å². The first-order chi connectivity index (χ1) is 7.97. The van der Waals surface area contributed by atoms with Gasteiger partial charge in [-0.3, -0.25) is 0 Å². The maximum absolute atomic E-state index is 12.5. The molecule has 0 N–H and O–H groups in total. The second-order valence-corrected chi connectivity index (χ2v) is 4.77. The molecule has 0 saturated carbocycles. The Morgan fingerprint density at radius 2 is 2.12 bits per heavy atom. The van der Waals surface area contributed by atoms with Crippen molar-refractivity contribution in [2.24, 2.45) is 4.99 Å². The van der Waals surface area contributed by atoms with Crippen LogP contribution in [0.15, 0.2) is 29.3 Å². The van der Waals surface area contributed by atoms with Gasteiger partial charge in [0.25, 0.3) is 0 Å². The van der Waals surface area contributed by atoms with Crippen LogP contribution in [0.25, 0.3) is 0 Å². The zero-order chi connectivity index (χ0) is 12.5. The Hall–Kier alpha value is -1.17. The van der Waals surface area contributed by atoms with Gasteiger partial charge in [-0.05, 0) is 18.2 Å². The monoisotopic (exact) mass is 260 g/mol. The fourth-order valence-electron chi connectivity index (χ4n) is 1.46. The van der Waals surface area contributed by atoms with Crippen molar-refractivity contribution < 1.29 is 13.2 Å². The van der Waals surface area contributed by atoms with E-state index in [-0.39, 0.29) is 0 Å². The maximum Gasteiger partial charge on any atom is 0.416 e. The largest absolute Gasteiger partial charge is 0.416 e. The van der Waals surface area contributed by atoms with Gasteiger partial charge in [0.2, 0.25) is 0 Å². The summed E-state index contributed by atoms with van der Waals surface area (Å²) in [5.41, 5.74) is -0.318. The minimum Gasteiger partial charge on any atom is -0.353 e. The second kappa shape index (κ2) is 4.60. The first-order valence-corrected chi connectivity index (χ1v) is 6.05. The highest BCUT2D eigenvalue weighted by atomic mass is 32.2. The van der Waals surface area contributed by atoms with Gasteiger partial charge in [-0.1, -0.05) is 17.8 Å². The topological polar surface area (TPSA) is 15.6 Å². The van der Waals surface area contributed by atoms with Gasteiger partial charge in [-0.2, -0.15) is 13.2 Å². The normalized spacial score (nSPS) is 19.1. The molecular weight excluding hydrogens is 249 g/mol. The van der Waals surface area contributed by atoms with Gasteiger partial charge in [0.1, 0.15) is 0 Å². The van der Waals surface area contributed by atoms with E-state index in [1.807, 2.05) is 11.9 Å². The zero-order valence-electron chi connectivity index (χ0n) is 9.16. The lowest BCUT2D eigenvalue weighted by Gasteiger charge is -2.10. The van der Waals surface area contributed by atoms with Crippen LogP contribution < -0.4 is 0 Å². The average molecular weight is 260 g/mol. The summed E-state index contributed by atoms with van der Waals surface area (Å²) in [6, 6.07) is 5.08. The molecule has 0 unspecified atom stereocenters. The number of aliphatic imine (C=N–C) groups is 1. The zero-order valence-corrected chi connectivity index (χ0v) is 9.98. The van der Waals surface area contributed by atoms with E-state index in [0.717, 1.165) is 29.6 Å². The lowest BCUT2D eigenvalue weighted by molar-refractivity contribution is -0.137. The summed E-state index contributed by atoms with van der Waals surface area (Å²) in [6.07, 6.45) is -4.31. The van der Waals surface area contributed by atoms with Crippen LogP contribution in [0.2, 0.25) is 0 Å². The number of nitrogens with zero attached hydrogens (tertiary/aromatic N) is 2. The molecule has 2 rings (SSSR count). The Morgan fingerprint density at radius 3 is 2.71 bits per heavy atom. The number of thioether (sulfide) groups is 1. The van der Waals surface area contributed by atoms with Crippen LogP contribution in [0.1, 0.15) is 5.56 Å². The summed E-state index contributed by atoms with van der Waals surface area (Å²) in [5.74, 6) is 0.925. The summed E-state index contributed by atoms with van der Waals surface area (Å²) in [4.78, 5) is 6.15. The van der Waals surface area contributed by atoms with E-state index in [9.17, 15) is 13.2 Å². The van der Waals surface area contributed by atoms with Crippen molar-refractivity contribution in [3.05, 3.63) is 29.8 Å². The van der Waals surface area contributed by atoms with Crippen molar-refractivity contribution in [2.45, 2.75) is 6.18 Å². The number of halogens is 3. The molecule has 1 aromatic carbocycles. The van der Waals surface area contributed by atoms with Crippen molar-refractivity contribution in [1.29, 1.82) is 0 Å². The smallest absolute Gasteiger partial charge is 0.353 e. The number of amidine groups is 1.